The van der Waals surface area contributed by atoms with E-state index in [4.69, 9.17) is 0 Å². The normalized spacial score (nSPS) is 14.0. The van der Waals surface area contributed by atoms with Gasteiger partial charge in [0.05, 0.1) is 12.6 Å². The zero-order valence-corrected chi connectivity index (χ0v) is 12.5. The molecule has 0 saturated heterocycles. The number of hydrogen-bond donors (Lipinski definition) is 2. The van der Waals surface area contributed by atoms with E-state index >= 15 is 0 Å². The minimum absolute atomic E-state index is 0.0206. The van der Waals surface area contributed by atoms with E-state index in [2.05, 4.69) is 65.1 Å². The van der Waals surface area contributed by atoms with Gasteiger partial charge in [0.2, 0.25) is 0 Å². The molecule has 2 N–H and O–H groups in total. The summed E-state index contributed by atoms with van der Waals surface area (Å²) in [5.74, 6) is 0. The smallest absolute Gasteiger partial charge is 0.0626 e. The molecule has 0 aliphatic carbocycles. The molecule has 1 aromatic carbocycles. The van der Waals surface area contributed by atoms with Crippen molar-refractivity contribution in [2.24, 2.45) is 0 Å². The largest absolute Gasteiger partial charge is 0.394 e. The van der Waals surface area contributed by atoms with Crippen molar-refractivity contribution in [1.82, 2.24) is 5.32 Å². The summed E-state index contributed by atoms with van der Waals surface area (Å²) in [6.45, 7) is 13.1. The quantitative estimate of drug-likeness (QED) is 0.858. The van der Waals surface area contributed by atoms with E-state index in [-0.39, 0.29) is 18.1 Å². The van der Waals surface area contributed by atoms with E-state index in [1.54, 1.807) is 0 Å². The average molecular weight is 249 g/mol. The van der Waals surface area contributed by atoms with Gasteiger partial charge in [-0.15, -0.1) is 0 Å². The Balaban J connectivity index is 3.13. The molecule has 0 fully saturated rings. The molecule has 0 radical (unpaired) electrons. The van der Waals surface area contributed by atoms with Gasteiger partial charge in [0.25, 0.3) is 0 Å². The van der Waals surface area contributed by atoms with E-state index in [0.29, 0.717) is 6.04 Å². The maximum absolute atomic E-state index is 9.58. The lowest BCUT2D eigenvalue weighted by Crippen LogP contribution is -2.31. The Kier molecular flexibility index (Phi) is 4.94. The van der Waals surface area contributed by atoms with Gasteiger partial charge in [-0.25, -0.2) is 0 Å². The van der Waals surface area contributed by atoms with Crippen molar-refractivity contribution in [3.05, 3.63) is 34.9 Å². The molecule has 1 atom stereocenters. The molecule has 0 saturated carbocycles. The van der Waals surface area contributed by atoms with Crippen LogP contribution in [-0.2, 0) is 5.41 Å². The Labute approximate surface area is 111 Å². The fraction of sp³-hybridized carbons (Fsp3) is 0.625. The van der Waals surface area contributed by atoms with Gasteiger partial charge in [-0.2, -0.15) is 0 Å². The Morgan fingerprint density at radius 2 is 1.83 bits per heavy atom. The van der Waals surface area contributed by atoms with Crippen LogP contribution >= 0.6 is 0 Å². The van der Waals surface area contributed by atoms with Crippen molar-refractivity contribution in [3.63, 3.8) is 0 Å². The monoisotopic (exact) mass is 249 g/mol. The first-order valence-corrected chi connectivity index (χ1v) is 6.73. The van der Waals surface area contributed by atoms with Crippen LogP contribution < -0.4 is 5.32 Å². The number of nitrogens with one attached hydrogen (secondary N) is 1. The van der Waals surface area contributed by atoms with E-state index in [9.17, 15) is 5.11 Å². The second-order valence-electron chi connectivity index (χ2n) is 6.38. The molecule has 2 nitrogen and oxygen atoms in total. The maximum Gasteiger partial charge on any atom is 0.0626 e. The Morgan fingerprint density at radius 3 is 2.28 bits per heavy atom. The number of aliphatic hydroxyl groups is 1. The van der Waals surface area contributed by atoms with Gasteiger partial charge in [0.1, 0.15) is 0 Å². The van der Waals surface area contributed by atoms with Crippen molar-refractivity contribution in [3.8, 4) is 0 Å². The van der Waals surface area contributed by atoms with Crippen molar-refractivity contribution < 1.29 is 5.11 Å². The number of aliphatic hydroxyl groups excluding tert-OH is 1. The van der Waals surface area contributed by atoms with Gasteiger partial charge >= 0.3 is 0 Å². The van der Waals surface area contributed by atoms with Crippen molar-refractivity contribution in [2.75, 3.05) is 6.61 Å². The van der Waals surface area contributed by atoms with Crippen LogP contribution in [0.1, 0.15) is 57.4 Å². The molecule has 0 aromatic heterocycles. The van der Waals surface area contributed by atoms with Gasteiger partial charge in [-0.1, -0.05) is 52.8 Å². The number of aryl methyl sites for hydroxylation is 1. The van der Waals surface area contributed by atoms with Crippen molar-refractivity contribution in [1.29, 1.82) is 0 Å². The highest BCUT2D eigenvalue weighted by molar-refractivity contribution is 5.36. The third-order valence-electron chi connectivity index (χ3n) is 3.24. The second-order valence-corrected chi connectivity index (χ2v) is 6.38. The molecule has 1 unspecified atom stereocenters. The molecule has 0 aliphatic heterocycles. The highest BCUT2D eigenvalue weighted by atomic mass is 16.3. The van der Waals surface area contributed by atoms with Crippen LogP contribution in [0.5, 0.6) is 0 Å². The predicted octanol–water partition coefficient (Wildman–Crippen LogP) is 3.32. The van der Waals surface area contributed by atoms with E-state index in [0.717, 1.165) is 0 Å². The molecule has 1 rings (SSSR count). The topological polar surface area (TPSA) is 32.3 Å². The summed E-state index contributed by atoms with van der Waals surface area (Å²) in [4.78, 5) is 0. The first-order chi connectivity index (χ1) is 8.25. The fourth-order valence-electron chi connectivity index (χ4n) is 2.13. The predicted molar refractivity (Wildman–Crippen MR) is 78.0 cm³/mol. The summed E-state index contributed by atoms with van der Waals surface area (Å²) in [7, 11) is 0. The van der Waals surface area contributed by atoms with E-state index in [1.807, 2.05) is 0 Å². The minimum Gasteiger partial charge on any atom is -0.394 e. The van der Waals surface area contributed by atoms with Crippen LogP contribution in [0.25, 0.3) is 0 Å². The molecule has 2 heteroatoms. The highest BCUT2D eigenvalue weighted by Crippen LogP contribution is 2.27. The maximum atomic E-state index is 9.58. The summed E-state index contributed by atoms with van der Waals surface area (Å²) in [5.41, 5.74) is 3.89. The molecular formula is C16H27NO. The zero-order chi connectivity index (χ0) is 13.9. The molecule has 0 aliphatic rings. The lowest BCUT2D eigenvalue weighted by Gasteiger charge is -2.25. The molecular weight excluding hydrogens is 222 g/mol. The van der Waals surface area contributed by atoms with Crippen LogP contribution in [0.3, 0.4) is 0 Å². The lowest BCUT2D eigenvalue weighted by molar-refractivity contribution is 0.237. The second kappa shape index (κ2) is 5.85. The number of rotatable bonds is 4. The Bertz CT molecular complexity index is 391. The zero-order valence-electron chi connectivity index (χ0n) is 12.5. The van der Waals surface area contributed by atoms with Gasteiger partial charge in [0.15, 0.2) is 0 Å². The summed E-state index contributed by atoms with van der Waals surface area (Å²) in [5, 5.41) is 13.0. The molecule has 18 heavy (non-hydrogen) atoms. The molecule has 102 valence electrons. The van der Waals surface area contributed by atoms with Crippen LogP contribution in [0, 0.1) is 6.92 Å². The van der Waals surface area contributed by atoms with Gasteiger partial charge < -0.3 is 10.4 Å². The minimum atomic E-state index is 0.0206. The molecule has 0 amide bonds. The fourth-order valence-corrected chi connectivity index (χ4v) is 2.13. The van der Waals surface area contributed by atoms with Gasteiger partial charge in [0, 0.05) is 6.04 Å². The summed E-state index contributed by atoms with van der Waals surface area (Å²) >= 11 is 0. The van der Waals surface area contributed by atoms with Crippen molar-refractivity contribution in [2.45, 2.75) is 59.0 Å². The molecule has 1 aromatic rings. The Hall–Kier alpha value is -0.860. The van der Waals surface area contributed by atoms with E-state index in [1.165, 1.54) is 16.7 Å². The lowest BCUT2D eigenvalue weighted by atomic mass is 9.84. The number of hydrogen-bond acceptors (Lipinski definition) is 2. The SMILES string of the molecule is Cc1ccc(C(C)(C)C)cc1C(CO)NC(C)C. The van der Waals surface area contributed by atoms with Crippen LogP contribution in [0.15, 0.2) is 18.2 Å². The summed E-state index contributed by atoms with van der Waals surface area (Å²) in [6, 6.07) is 6.95. The standard InChI is InChI=1S/C16H27NO/c1-11(2)17-15(10-18)14-9-13(16(4,5)6)8-7-12(14)3/h7-9,11,15,17-18H,10H2,1-6H3. The highest BCUT2D eigenvalue weighted by Gasteiger charge is 2.18. The Morgan fingerprint density at radius 1 is 1.22 bits per heavy atom. The van der Waals surface area contributed by atoms with Crippen LogP contribution in [0.4, 0.5) is 0 Å². The summed E-state index contributed by atoms with van der Waals surface area (Å²) in [6.07, 6.45) is 0. The third kappa shape index (κ3) is 3.82. The summed E-state index contributed by atoms with van der Waals surface area (Å²) < 4.78 is 0. The van der Waals surface area contributed by atoms with Crippen LogP contribution in [-0.4, -0.2) is 17.8 Å². The van der Waals surface area contributed by atoms with E-state index < -0.39 is 0 Å². The molecule has 0 heterocycles. The average Bonchev–Trinajstić information content (AvgIpc) is 2.25. The first-order valence-electron chi connectivity index (χ1n) is 6.73. The number of benzene rings is 1. The molecule has 0 spiro atoms. The first kappa shape index (κ1) is 15.2. The van der Waals surface area contributed by atoms with Crippen molar-refractivity contribution >= 4 is 0 Å². The van der Waals surface area contributed by atoms with Gasteiger partial charge in [-0.3, -0.25) is 0 Å². The molecule has 0 bridgehead atoms. The van der Waals surface area contributed by atoms with Crippen LogP contribution in [0.2, 0.25) is 0 Å². The third-order valence-corrected chi connectivity index (χ3v) is 3.24. The van der Waals surface area contributed by atoms with Gasteiger partial charge in [-0.05, 0) is 29.0 Å².